The summed E-state index contributed by atoms with van der Waals surface area (Å²) in [4.78, 5) is 20.4. The van der Waals surface area contributed by atoms with Gasteiger partial charge in [-0.3, -0.25) is 0 Å². The monoisotopic (exact) mass is 470 g/mol. The summed E-state index contributed by atoms with van der Waals surface area (Å²) in [6.45, 7) is 4.52. The van der Waals surface area contributed by atoms with Gasteiger partial charge in [0.2, 0.25) is 0 Å². The molecule has 0 amide bonds. The average Bonchev–Trinajstić information content (AvgIpc) is 3.22. The second kappa shape index (κ2) is 10.1. The Morgan fingerprint density at radius 3 is 2.56 bits per heavy atom. The van der Waals surface area contributed by atoms with Gasteiger partial charge in [-0.25, -0.2) is 18.7 Å². The fraction of sp³-hybridized carbons (Fsp3) is 0.391. The summed E-state index contributed by atoms with van der Waals surface area (Å²) in [6, 6.07) is 1.13. The average molecular weight is 471 g/mol. The third-order valence-corrected chi connectivity index (χ3v) is 5.54. The van der Waals surface area contributed by atoms with Gasteiger partial charge in [0.15, 0.2) is 17.4 Å². The van der Waals surface area contributed by atoms with E-state index in [9.17, 15) is 8.78 Å². The van der Waals surface area contributed by atoms with Crippen LogP contribution in [-0.2, 0) is 6.42 Å². The number of rotatable bonds is 10. The summed E-state index contributed by atoms with van der Waals surface area (Å²) in [7, 11) is 1.63. The minimum Gasteiger partial charge on any atom is -0.421 e. The lowest BCUT2D eigenvalue weighted by atomic mass is 10.1. The van der Waals surface area contributed by atoms with E-state index in [-0.39, 0.29) is 17.4 Å². The first-order valence-electron chi connectivity index (χ1n) is 11.3. The highest BCUT2D eigenvalue weighted by Crippen LogP contribution is 2.37. The number of aromatic amines is 1. The van der Waals surface area contributed by atoms with Gasteiger partial charge in [-0.2, -0.15) is 9.97 Å². The smallest absolute Gasteiger partial charge is 0.326 e. The fourth-order valence-electron chi connectivity index (χ4n) is 3.82. The number of halogens is 2. The number of ether oxygens (including phenoxy) is 1. The Morgan fingerprint density at radius 1 is 1.12 bits per heavy atom. The van der Waals surface area contributed by atoms with Crippen molar-refractivity contribution in [2.24, 2.45) is 5.73 Å². The summed E-state index contributed by atoms with van der Waals surface area (Å²) in [5, 5.41) is 6.49. The molecular formula is C23H28F2N8O. The van der Waals surface area contributed by atoms with Crippen molar-refractivity contribution >= 4 is 33.4 Å². The van der Waals surface area contributed by atoms with Gasteiger partial charge >= 0.3 is 6.01 Å². The Bertz CT molecular complexity index is 1290. The molecule has 0 aliphatic heterocycles. The SMILES string of the molecule is CCCC(N)CCNc1nc(Oc2cnc(CC)nc2)nc2[nH]c3c(NC)cc(F)c(F)c3c12. The van der Waals surface area contributed by atoms with E-state index in [0.717, 1.165) is 18.9 Å². The molecule has 9 nitrogen and oxygen atoms in total. The van der Waals surface area contributed by atoms with E-state index < -0.39 is 11.6 Å². The summed E-state index contributed by atoms with van der Waals surface area (Å²) in [6.07, 6.45) is 6.33. The van der Waals surface area contributed by atoms with Crippen LogP contribution in [0.15, 0.2) is 18.5 Å². The molecule has 34 heavy (non-hydrogen) atoms. The van der Waals surface area contributed by atoms with Crippen molar-refractivity contribution < 1.29 is 13.5 Å². The van der Waals surface area contributed by atoms with Gasteiger partial charge in [0.1, 0.15) is 17.3 Å². The molecule has 1 unspecified atom stereocenters. The lowest BCUT2D eigenvalue weighted by molar-refractivity contribution is 0.439. The molecule has 3 aromatic heterocycles. The van der Waals surface area contributed by atoms with Gasteiger partial charge in [0, 0.05) is 32.1 Å². The number of hydrogen-bond acceptors (Lipinski definition) is 8. The van der Waals surface area contributed by atoms with Crippen LogP contribution in [0.4, 0.5) is 20.3 Å². The van der Waals surface area contributed by atoms with Crippen LogP contribution in [0.5, 0.6) is 11.8 Å². The van der Waals surface area contributed by atoms with Crippen molar-refractivity contribution in [1.82, 2.24) is 24.9 Å². The molecule has 0 aliphatic rings. The van der Waals surface area contributed by atoms with E-state index in [0.29, 0.717) is 59.0 Å². The number of benzene rings is 1. The van der Waals surface area contributed by atoms with E-state index in [1.165, 1.54) is 12.4 Å². The highest BCUT2D eigenvalue weighted by Gasteiger charge is 2.22. The van der Waals surface area contributed by atoms with E-state index >= 15 is 0 Å². The maximum Gasteiger partial charge on any atom is 0.326 e. The number of nitrogens with zero attached hydrogens (tertiary/aromatic N) is 4. The molecule has 0 saturated heterocycles. The second-order valence-corrected chi connectivity index (χ2v) is 7.98. The van der Waals surface area contributed by atoms with Crippen molar-refractivity contribution in [2.75, 3.05) is 24.2 Å². The van der Waals surface area contributed by atoms with Crippen LogP contribution in [0, 0.1) is 11.6 Å². The predicted molar refractivity (Wildman–Crippen MR) is 128 cm³/mol. The van der Waals surface area contributed by atoms with Crippen LogP contribution in [-0.4, -0.2) is 44.6 Å². The van der Waals surface area contributed by atoms with Gasteiger partial charge in [-0.15, -0.1) is 0 Å². The largest absolute Gasteiger partial charge is 0.421 e. The summed E-state index contributed by atoms with van der Waals surface area (Å²) in [5.41, 5.74) is 7.21. The van der Waals surface area contributed by atoms with Crippen molar-refractivity contribution in [3.63, 3.8) is 0 Å². The zero-order chi connectivity index (χ0) is 24.2. The fourth-order valence-corrected chi connectivity index (χ4v) is 3.82. The lowest BCUT2D eigenvalue weighted by Gasteiger charge is -2.13. The van der Waals surface area contributed by atoms with Gasteiger partial charge < -0.3 is 26.1 Å². The van der Waals surface area contributed by atoms with Crippen molar-refractivity contribution in [2.45, 2.75) is 45.6 Å². The molecule has 3 heterocycles. The third kappa shape index (κ3) is 4.69. The standard InChI is InChI=1S/C23H28F2N8O/c1-4-6-12(26)7-8-28-21-18-17-19(25)14(24)9-15(27-3)20(17)31-22(18)33-23(32-21)34-13-10-29-16(5-2)30-11-13/h9-12,27H,4-8,26H2,1-3H3,(H2,28,31,32,33). The molecule has 180 valence electrons. The minimum absolute atomic E-state index is 0.0131. The molecule has 0 bridgehead atoms. The van der Waals surface area contributed by atoms with Crippen LogP contribution in [0.25, 0.3) is 21.9 Å². The number of fused-ring (bicyclic) bond motifs is 3. The zero-order valence-corrected chi connectivity index (χ0v) is 19.4. The number of nitrogens with one attached hydrogen (secondary N) is 3. The Balaban J connectivity index is 1.79. The van der Waals surface area contributed by atoms with Crippen molar-refractivity contribution in [1.29, 1.82) is 0 Å². The van der Waals surface area contributed by atoms with Crippen molar-refractivity contribution in [3.05, 3.63) is 35.9 Å². The summed E-state index contributed by atoms with van der Waals surface area (Å²) < 4.78 is 35.1. The van der Waals surface area contributed by atoms with Gasteiger partial charge in [-0.05, 0) is 12.8 Å². The van der Waals surface area contributed by atoms with E-state index in [1.807, 2.05) is 6.92 Å². The second-order valence-electron chi connectivity index (χ2n) is 7.98. The number of aryl methyl sites for hydroxylation is 1. The Hall–Kier alpha value is -3.60. The Labute approximate surface area is 195 Å². The summed E-state index contributed by atoms with van der Waals surface area (Å²) >= 11 is 0. The molecule has 0 radical (unpaired) electrons. The third-order valence-electron chi connectivity index (χ3n) is 5.54. The molecule has 0 spiro atoms. The normalized spacial score (nSPS) is 12.3. The lowest BCUT2D eigenvalue weighted by Crippen LogP contribution is -2.23. The first kappa shape index (κ1) is 23.6. The predicted octanol–water partition coefficient (Wildman–Crippen LogP) is 4.51. The topological polar surface area (TPSA) is 127 Å². The molecule has 5 N–H and O–H groups in total. The number of hydrogen-bond donors (Lipinski definition) is 4. The maximum atomic E-state index is 15.0. The number of anilines is 2. The Morgan fingerprint density at radius 2 is 1.88 bits per heavy atom. The molecule has 1 atom stereocenters. The number of nitrogens with two attached hydrogens (primary N) is 1. The molecular weight excluding hydrogens is 442 g/mol. The molecule has 4 rings (SSSR count). The number of H-pyrrole nitrogens is 1. The molecule has 4 aromatic rings. The van der Waals surface area contributed by atoms with Crippen LogP contribution < -0.4 is 21.1 Å². The first-order valence-corrected chi connectivity index (χ1v) is 11.3. The van der Waals surface area contributed by atoms with Crippen molar-refractivity contribution in [3.8, 4) is 11.8 Å². The minimum atomic E-state index is -0.980. The molecule has 0 fully saturated rings. The van der Waals surface area contributed by atoms with Gasteiger partial charge in [-0.1, -0.05) is 20.3 Å². The maximum absolute atomic E-state index is 15.0. The first-order chi connectivity index (χ1) is 16.4. The Kier molecular flexibility index (Phi) is 7.01. The quantitative estimate of drug-likeness (QED) is 0.267. The number of aromatic nitrogens is 5. The summed E-state index contributed by atoms with van der Waals surface area (Å²) in [5.74, 6) is -0.597. The van der Waals surface area contributed by atoms with Crippen LogP contribution in [0.3, 0.4) is 0 Å². The molecule has 1 aromatic carbocycles. The van der Waals surface area contributed by atoms with Gasteiger partial charge in [0.25, 0.3) is 0 Å². The highest BCUT2D eigenvalue weighted by molar-refractivity contribution is 6.14. The highest BCUT2D eigenvalue weighted by atomic mass is 19.2. The molecule has 0 saturated carbocycles. The van der Waals surface area contributed by atoms with E-state index in [4.69, 9.17) is 10.5 Å². The van der Waals surface area contributed by atoms with E-state index in [2.05, 4.69) is 42.5 Å². The van der Waals surface area contributed by atoms with E-state index in [1.54, 1.807) is 7.05 Å². The van der Waals surface area contributed by atoms with Gasteiger partial charge in [0.05, 0.1) is 34.4 Å². The van der Waals surface area contributed by atoms with Crippen LogP contribution in [0.1, 0.15) is 38.9 Å². The van der Waals surface area contributed by atoms with Crippen LogP contribution in [0.2, 0.25) is 0 Å². The van der Waals surface area contributed by atoms with Crippen LogP contribution >= 0.6 is 0 Å². The zero-order valence-electron chi connectivity index (χ0n) is 19.4. The molecule has 0 aliphatic carbocycles. The molecule has 11 heteroatoms.